The molecule has 0 radical (unpaired) electrons. The van der Waals surface area contributed by atoms with Crippen molar-refractivity contribution in [3.63, 3.8) is 0 Å². The molecular weight excluding hydrogens is 424 g/mol. The van der Waals surface area contributed by atoms with Crippen LogP contribution in [0.2, 0.25) is 5.02 Å². The molecule has 0 spiro atoms. The van der Waals surface area contributed by atoms with E-state index in [4.69, 9.17) is 25.8 Å². The van der Waals surface area contributed by atoms with Gasteiger partial charge < -0.3 is 14.2 Å². The molecule has 0 fully saturated rings. The molecule has 138 valence electrons. The molecule has 2 aromatic carbocycles. The van der Waals surface area contributed by atoms with Crippen molar-refractivity contribution in [2.45, 2.75) is 6.92 Å². The van der Waals surface area contributed by atoms with Gasteiger partial charge in [-0.3, -0.25) is 4.79 Å². The zero-order chi connectivity index (χ0) is 18.9. The van der Waals surface area contributed by atoms with E-state index in [1.54, 1.807) is 37.4 Å². The number of nitrogens with zero attached hydrogens (tertiary/aromatic N) is 1. The number of halogens is 2. The van der Waals surface area contributed by atoms with Crippen molar-refractivity contribution >= 4 is 39.7 Å². The highest BCUT2D eigenvalue weighted by atomic mass is 79.9. The van der Waals surface area contributed by atoms with Gasteiger partial charge in [-0.1, -0.05) is 23.7 Å². The summed E-state index contributed by atoms with van der Waals surface area (Å²) in [7, 11) is 1.55. The van der Waals surface area contributed by atoms with Crippen molar-refractivity contribution in [2.24, 2.45) is 5.10 Å². The Hall–Kier alpha value is -2.25. The molecule has 0 aliphatic carbocycles. The summed E-state index contributed by atoms with van der Waals surface area (Å²) in [5.74, 6) is 1.21. The molecule has 8 heteroatoms. The van der Waals surface area contributed by atoms with Crippen molar-refractivity contribution in [2.75, 3.05) is 20.3 Å². The minimum atomic E-state index is -0.405. The normalized spacial score (nSPS) is 10.6. The molecular formula is C18H18BrClN2O4. The summed E-state index contributed by atoms with van der Waals surface area (Å²) >= 11 is 9.39. The lowest BCUT2D eigenvalue weighted by Gasteiger charge is -2.12. The fraction of sp³-hybridized carbons (Fsp3) is 0.222. The standard InChI is InChI=1S/C18H18BrClN2O4/c1-3-25-18-13(19)8-12(9-16(18)24-2)10-21-22-17(23)11-26-15-7-5-4-6-14(15)20/h4-10H,3,11H2,1-2H3,(H,22,23)/b21-10+. The lowest BCUT2D eigenvalue weighted by atomic mass is 10.2. The molecule has 1 N–H and O–H groups in total. The van der Waals surface area contributed by atoms with Crippen molar-refractivity contribution < 1.29 is 19.0 Å². The molecule has 2 aromatic rings. The van der Waals surface area contributed by atoms with Crippen LogP contribution in [0.25, 0.3) is 0 Å². The lowest BCUT2D eigenvalue weighted by Crippen LogP contribution is -2.24. The van der Waals surface area contributed by atoms with Gasteiger partial charge >= 0.3 is 0 Å². The number of carbonyl (C=O) groups excluding carboxylic acids is 1. The molecule has 0 atom stereocenters. The number of ether oxygens (including phenoxy) is 3. The van der Waals surface area contributed by atoms with E-state index in [9.17, 15) is 4.79 Å². The summed E-state index contributed by atoms with van der Waals surface area (Å²) in [5.41, 5.74) is 3.12. The van der Waals surface area contributed by atoms with Crippen molar-refractivity contribution in [3.8, 4) is 17.2 Å². The van der Waals surface area contributed by atoms with Crippen molar-refractivity contribution in [3.05, 3.63) is 51.5 Å². The smallest absolute Gasteiger partial charge is 0.277 e. The highest BCUT2D eigenvalue weighted by Crippen LogP contribution is 2.36. The van der Waals surface area contributed by atoms with E-state index < -0.39 is 5.91 Å². The van der Waals surface area contributed by atoms with Gasteiger partial charge in [0.25, 0.3) is 5.91 Å². The third-order valence-electron chi connectivity index (χ3n) is 3.14. The topological polar surface area (TPSA) is 69.2 Å². The summed E-state index contributed by atoms with van der Waals surface area (Å²) in [6, 6.07) is 10.5. The van der Waals surface area contributed by atoms with Crippen LogP contribution >= 0.6 is 27.5 Å². The molecule has 0 aliphatic heterocycles. The van der Waals surface area contributed by atoms with E-state index in [1.807, 2.05) is 13.0 Å². The van der Waals surface area contributed by atoms with Gasteiger partial charge in [-0.15, -0.1) is 0 Å². The summed E-state index contributed by atoms with van der Waals surface area (Å²) < 4.78 is 16.9. The first-order valence-corrected chi connectivity index (χ1v) is 8.91. The van der Waals surface area contributed by atoms with E-state index in [-0.39, 0.29) is 6.61 Å². The van der Waals surface area contributed by atoms with E-state index in [0.717, 1.165) is 10.0 Å². The fourth-order valence-electron chi connectivity index (χ4n) is 2.01. The number of hydrazone groups is 1. The fourth-order valence-corrected chi connectivity index (χ4v) is 2.78. The average molecular weight is 442 g/mol. The first-order chi connectivity index (χ1) is 12.5. The number of amides is 1. The molecule has 26 heavy (non-hydrogen) atoms. The second-order valence-corrected chi connectivity index (χ2v) is 6.24. The maximum atomic E-state index is 11.8. The number of hydrogen-bond donors (Lipinski definition) is 1. The Balaban J connectivity index is 1.94. The Morgan fingerprint density at radius 3 is 2.73 bits per heavy atom. The van der Waals surface area contributed by atoms with Crippen molar-refractivity contribution in [1.29, 1.82) is 0 Å². The molecule has 1 amide bonds. The minimum absolute atomic E-state index is 0.197. The number of para-hydroxylation sites is 1. The molecule has 6 nitrogen and oxygen atoms in total. The molecule has 0 saturated heterocycles. The predicted octanol–water partition coefficient (Wildman–Crippen LogP) is 4.04. The second-order valence-electron chi connectivity index (χ2n) is 4.98. The van der Waals surface area contributed by atoms with Gasteiger partial charge in [0.05, 0.1) is 29.4 Å². The third-order valence-corrected chi connectivity index (χ3v) is 4.04. The van der Waals surface area contributed by atoms with Gasteiger partial charge in [0, 0.05) is 0 Å². The van der Waals surface area contributed by atoms with Gasteiger partial charge in [0.2, 0.25) is 0 Å². The number of methoxy groups -OCH3 is 1. The Morgan fingerprint density at radius 1 is 1.27 bits per heavy atom. The van der Waals surface area contributed by atoms with E-state index in [0.29, 0.717) is 28.9 Å². The van der Waals surface area contributed by atoms with Crippen LogP contribution in [-0.2, 0) is 4.79 Å². The Morgan fingerprint density at radius 2 is 2.04 bits per heavy atom. The third kappa shape index (κ3) is 5.64. The summed E-state index contributed by atoms with van der Waals surface area (Å²) in [4.78, 5) is 11.8. The summed E-state index contributed by atoms with van der Waals surface area (Å²) in [6.07, 6.45) is 1.50. The van der Waals surface area contributed by atoms with Gasteiger partial charge in [-0.25, -0.2) is 5.43 Å². The Labute approximate surface area is 165 Å². The maximum absolute atomic E-state index is 11.8. The molecule has 0 unspecified atom stereocenters. The van der Waals surface area contributed by atoms with Gasteiger partial charge in [0.1, 0.15) is 5.75 Å². The zero-order valence-electron chi connectivity index (χ0n) is 14.3. The highest BCUT2D eigenvalue weighted by Gasteiger charge is 2.10. The zero-order valence-corrected chi connectivity index (χ0v) is 16.6. The van der Waals surface area contributed by atoms with Crippen LogP contribution in [0.4, 0.5) is 0 Å². The van der Waals surface area contributed by atoms with Crippen LogP contribution in [0.15, 0.2) is 46.0 Å². The summed E-state index contributed by atoms with van der Waals surface area (Å²) in [6.45, 7) is 2.21. The van der Waals surface area contributed by atoms with Crippen LogP contribution in [-0.4, -0.2) is 32.4 Å². The van der Waals surface area contributed by atoms with Crippen LogP contribution in [0.5, 0.6) is 17.2 Å². The molecule has 2 rings (SSSR count). The number of benzene rings is 2. The van der Waals surface area contributed by atoms with E-state index in [1.165, 1.54) is 6.21 Å². The highest BCUT2D eigenvalue weighted by molar-refractivity contribution is 9.10. The minimum Gasteiger partial charge on any atom is -0.493 e. The molecule has 0 saturated carbocycles. The lowest BCUT2D eigenvalue weighted by molar-refractivity contribution is -0.123. The second kappa shape index (κ2) is 10.0. The van der Waals surface area contributed by atoms with Gasteiger partial charge in [0.15, 0.2) is 18.1 Å². The SMILES string of the molecule is CCOc1c(Br)cc(/C=N/NC(=O)COc2ccccc2Cl)cc1OC. The van der Waals surface area contributed by atoms with Crippen LogP contribution in [0.3, 0.4) is 0 Å². The monoisotopic (exact) mass is 440 g/mol. The van der Waals surface area contributed by atoms with Gasteiger partial charge in [-0.05, 0) is 52.7 Å². The number of nitrogens with one attached hydrogen (secondary N) is 1. The first kappa shape index (κ1) is 20.1. The molecule has 0 aliphatic rings. The Kier molecular flexibility index (Phi) is 7.74. The molecule has 0 heterocycles. The van der Waals surface area contributed by atoms with Crippen molar-refractivity contribution in [1.82, 2.24) is 5.43 Å². The largest absolute Gasteiger partial charge is 0.493 e. The van der Waals surface area contributed by atoms with Crippen LogP contribution < -0.4 is 19.6 Å². The Bertz CT molecular complexity index is 799. The van der Waals surface area contributed by atoms with E-state index in [2.05, 4.69) is 26.5 Å². The quantitative estimate of drug-likeness (QED) is 0.496. The predicted molar refractivity (Wildman–Crippen MR) is 105 cm³/mol. The first-order valence-electron chi connectivity index (χ1n) is 7.74. The average Bonchev–Trinajstić information content (AvgIpc) is 2.63. The van der Waals surface area contributed by atoms with Crippen LogP contribution in [0, 0.1) is 0 Å². The number of hydrogen-bond acceptors (Lipinski definition) is 5. The molecule has 0 aromatic heterocycles. The van der Waals surface area contributed by atoms with Crippen LogP contribution in [0.1, 0.15) is 12.5 Å². The number of rotatable bonds is 8. The molecule has 0 bridgehead atoms. The van der Waals surface area contributed by atoms with Gasteiger partial charge in [-0.2, -0.15) is 5.10 Å². The summed E-state index contributed by atoms with van der Waals surface area (Å²) in [5, 5.41) is 4.35. The van der Waals surface area contributed by atoms with E-state index >= 15 is 0 Å². The maximum Gasteiger partial charge on any atom is 0.277 e. The number of carbonyl (C=O) groups is 1.